The van der Waals surface area contributed by atoms with Gasteiger partial charge < -0.3 is 11.1 Å². The molecule has 0 aromatic heterocycles. The summed E-state index contributed by atoms with van der Waals surface area (Å²) in [6, 6.07) is 0. The lowest BCUT2D eigenvalue weighted by molar-refractivity contribution is -0.124. The monoisotopic (exact) mass is 240 g/mol. The lowest BCUT2D eigenvalue weighted by atomic mass is 10.0. The Labute approximate surface area is 106 Å². The summed E-state index contributed by atoms with van der Waals surface area (Å²) < 4.78 is 0. The molecule has 0 aromatic carbocycles. The molecule has 100 valence electrons. The largest absolute Gasteiger partial charge is 0.356 e. The summed E-state index contributed by atoms with van der Waals surface area (Å²) in [5.41, 5.74) is 6.14. The number of amides is 1. The number of hydrogen-bond acceptors (Lipinski definition) is 2. The van der Waals surface area contributed by atoms with Crippen molar-refractivity contribution in [1.29, 1.82) is 0 Å². The first-order valence-electron chi connectivity index (χ1n) is 6.73. The maximum absolute atomic E-state index is 11.9. The fourth-order valence-electron chi connectivity index (χ4n) is 2.78. The van der Waals surface area contributed by atoms with Crippen molar-refractivity contribution in [3.8, 4) is 0 Å². The Balaban J connectivity index is 2.31. The summed E-state index contributed by atoms with van der Waals surface area (Å²) >= 11 is 0. The quantitative estimate of drug-likeness (QED) is 0.747. The molecule has 17 heavy (non-hydrogen) atoms. The van der Waals surface area contributed by atoms with E-state index in [0.29, 0.717) is 23.3 Å². The Kier molecular flexibility index (Phi) is 4.23. The summed E-state index contributed by atoms with van der Waals surface area (Å²) in [5, 5.41) is 3.08. The van der Waals surface area contributed by atoms with Gasteiger partial charge in [0.2, 0.25) is 5.91 Å². The molecule has 0 radical (unpaired) electrons. The number of hydrogen-bond donors (Lipinski definition) is 2. The lowest BCUT2D eigenvalue weighted by Crippen LogP contribution is -2.32. The Hall–Kier alpha value is -0.570. The van der Waals surface area contributed by atoms with Gasteiger partial charge in [-0.3, -0.25) is 4.79 Å². The fraction of sp³-hybridized carbons (Fsp3) is 0.929. The fourth-order valence-corrected chi connectivity index (χ4v) is 2.78. The van der Waals surface area contributed by atoms with Crippen LogP contribution in [0.2, 0.25) is 0 Å². The molecule has 3 N–H and O–H groups in total. The summed E-state index contributed by atoms with van der Waals surface area (Å²) in [4.78, 5) is 11.9. The second-order valence-electron chi connectivity index (χ2n) is 6.57. The molecule has 0 aromatic rings. The van der Waals surface area contributed by atoms with Crippen LogP contribution in [0.1, 0.15) is 47.5 Å². The Bertz CT molecular complexity index is 270. The Morgan fingerprint density at radius 2 is 1.82 bits per heavy atom. The maximum atomic E-state index is 11.9. The van der Waals surface area contributed by atoms with E-state index < -0.39 is 0 Å². The van der Waals surface area contributed by atoms with Gasteiger partial charge in [-0.2, -0.15) is 0 Å². The van der Waals surface area contributed by atoms with E-state index in [1.807, 2.05) is 6.92 Å². The van der Waals surface area contributed by atoms with Crippen LogP contribution in [0, 0.1) is 22.7 Å². The molecule has 1 unspecified atom stereocenters. The molecule has 1 atom stereocenters. The van der Waals surface area contributed by atoms with Crippen LogP contribution in [0.25, 0.3) is 0 Å². The van der Waals surface area contributed by atoms with E-state index in [2.05, 4.69) is 33.0 Å². The Morgan fingerprint density at radius 1 is 1.29 bits per heavy atom. The van der Waals surface area contributed by atoms with Crippen molar-refractivity contribution in [2.45, 2.75) is 47.5 Å². The number of carbonyl (C=O) groups is 1. The van der Waals surface area contributed by atoms with E-state index >= 15 is 0 Å². The molecule has 0 heterocycles. The van der Waals surface area contributed by atoms with Gasteiger partial charge in [-0.25, -0.2) is 0 Å². The van der Waals surface area contributed by atoms with Gasteiger partial charge >= 0.3 is 0 Å². The van der Waals surface area contributed by atoms with Gasteiger partial charge in [-0.15, -0.1) is 0 Å². The summed E-state index contributed by atoms with van der Waals surface area (Å²) in [7, 11) is 0. The van der Waals surface area contributed by atoms with Gasteiger partial charge in [0.15, 0.2) is 0 Å². The van der Waals surface area contributed by atoms with Crippen molar-refractivity contribution >= 4 is 5.91 Å². The van der Waals surface area contributed by atoms with Gasteiger partial charge in [-0.05, 0) is 36.1 Å². The smallest absolute Gasteiger partial charge is 0.222 e. The molecule has 1 aliphatic carbocycles. The third-order valence-corrected chi connectivity index (χ3v) is 5.09. The second-order valence-corrected chi connectivity index (χ2v) is 6.57. The van der Waals surface area contributed by atoms with Crippen LogP contribution in [-0.2, 0) is 4.79 Å². The van der Waals surface area contributed by atoms with Crippen LogP contribution in [0.4, 0.5) is 0 Å². The van der Waals surface area contributed by atoms with Crippen molar-refractivity contribution in [1.82, 2.24) is 5.32 Å². The normalized spacial score (nSPS) is 23.2. The summed E-state index contributed by atoms with van der Waals surface area (Å²) in [6.45, 7) is 12.6. The predicted octanol–water partition coefficient (Wildman–Crippen LogP) is 2.16. The predicted molar refractivity (Wildman–Crippen MR) is 71.5 cm³/mol. The molecule has 1 fully saturated rings. The SMILES string of the molecule is CC(CCCN)C(=O)NCC1C(C)(C)C1(C)C. The molecule has 1 saturated carbocycles. The van der Waals surface area contributed by atoms with E-state index in [4.69, 9.17) is 5.73 Å². The number of rotatable bonds is 6. The lowest BCUT2D eigenvalue weighted by Gasteiger charge is -2.12. The highest BCUT2D eigenvalue weighted by molar-refractivity contribution is 5.78. The standard InChI is InChI=1S/C14H28N2O/c1-10(7-6-8-15)12(17)16-9-11-13(2,3)14(11,4)5/h10-11H,6-9,15H2,1-5H3,(H,16,17). The van der Waals surface area contributed by atoms with Crippen molar-refractivity contribution in [2.75, 3.05) is 13.1 Å². The number of nitrogens with one attached hydrogen (secondary N) is 1. The zero-order chi connectivity index (χ0) is 13.3. The molecule has 0 spiro atoms. The van der Waals surface area contributed by atoms with Crippen molar-refractivity contribution in [3.63, 3.8) is 0 Å². The van der Waals surface area contributed by atoms with Crippen LogP contribution in [0.3, 0.4) is 0 Å². The minimum Gasteiger partial charge on any atom is -0.356 e. The van der Waals surface area contributed by atoms with Crippen LogP contribution < -0.4 is 11.1 Å². The minimum atomic E-state index is 0.0866. The molecular formula is C14H28N2O. The zero-order valence-electron chi connectivity index (χ0n) is 12.0. The summed E-state index contributed by atoms with van der Waals surface area (Å²) in [6.07, 6.45) is 1.81. The van der Waals surface area contributed by atoms with E-state index in [1.54, 1.807) is 0 Å². The van der Waals surface area contributed by atoms with Crippen LogP contribution >= 0.6 is 0 Å². The number of nitrogens with two attached hydrogens (primary N) is 1. The van der Waals surface area contributed by atoms with Crippen molar-refractivity contribution in [3.05, 3.63) is 0 Å². The van der Waals surface area contributed by atoms with Gasteiger partial charge in [0.1, 0.15) is 0 Å². The second kappa shape index (κ2) is 4.97. The van der Waals surface area contributed by atoms with E-state index in [-0.39, 0.29) is 11.8 Å². The molecule has 3 nitrogen and oxygen atoms in total. The van der Waals surface area contributed by atoms with Gasteiger partial charge in [0.25, 0.3) is 0 Å². The molecule has 0 aliphatic heterocycles. The molecule has 3 heteroatoms. The maximum Gasteiger partial charge on any atom is 0.222 e. The number of carbonyl (C=O) groups excluding carboxylic acids is 1. The summed E-state index contributed by atoms with van der Waals surface area (Å²) in [5.74, 6) is 0.862. The molecule has 0 bridgehead atoms. The van der Waals surface area contributed by atoms with Gasteiger partial charge in [-0.1, -0.05) is 34.6 Å². The first-order valence-corrected chi connectivity index (χ1v) is 6.73. The van der Waals surface area contributed by atoms with Crippen molar-refractivity contribution < 1.29 is 4.79 Å². The molecule has 1 rings (SSSR count). The van der Waals surface area contributed by atoms with Crippen LogP contribution in [-0.4, -0.2) is 19.0 Å². The van der Waals surface area contributed by atoms with Gasteiger partial charge in [0.05, 0.1) is 0 Å². The average molecular weight is 240 g/mol. The van der Waals surface area contributed by atoms with Crippen molar-refractivity contribution in [2.24, 2.45) is 28.4 Å². The first kappa shape index (κ1) is 14.5. The molecule has 1 amide bonds. The molecule has 1 aliphatic rings. The van der Waals surface area contributed by atoms with Crippen LogP contribution in [0.15, 0.2) is 0 Å². The zero-order valence-corrected chi connectivity index (χ0v) is 12.0. The average Bonchev–Trinajstić information content (AvgIpc) is 2.63. The molecular weight excluding hydrogens is 212 g/mol. The van der Waals surface area contributed by atoms with E-state index in [1.165, 1.54) is 0 Å². The highest BCUT2D eigenvalue weighted by Crippen LogP contribution is 2.67. The highest BCUT2D eigenvalue weighted by Gasteiger charge is 2.64. The van der Waals surface area contributed by atoms with Crippen LogP contribution in [0.5, 0.6) is 0 Å². The van der Waals surface area contributed by atoms with E-state index in [0.717, 1.165) is 19.4 Å². The third-order valence-electron chi connectivity index (χ3n) is 5.09. The Morgan fingerprint density at radius 3 is 2.24 bits per heavy atom. The highest BCUT2D eigenvalue weighted by atomic mass is 16.1. The minimum absolute atomic E-state index is 0.0866. The topological polar surface area (TPSA) is 55.1 Å². The van der Waals surface area contributed by atoms with Gasteiger partial charge in [0, 0.05) is 12.5 Å². The van der Waals surface area contributed by atoms with E-state index in [9.17, 15) is 4.79 Å². The molecule has 0 saturated heterocycles. The third kappa shape index (κ3) is 2.82. The first-order chi connectivity index (χ1) is 7.75.